The fourth-order valence-corrected chi connectivity index (χ4v) is 2.82. The van der Waals surface area contributed by atoms with Crippen molar-refractivity contribution >= 4 is 11.8 Å². The maximum atomic E-state index is 5.88. The molecule has 0 aromatic heterocycles. The molecule has 0 saturated heterocycles. The van der Waals surface area contributed by atoms with Crippen LogP contribution in [-0.4, -0.2) is 6.26 Å². The zero-order valence-corrected chi connectivity index (χ0v) is 9.63. The number of thioether (sulfide) groups is 1. The highest BCUT2D eigenvalue weighted by Gasteiger charge is 2.29. The molecule has 1 atom stereocenters. The van der Waals surface area contributed by atoms with Gasteiger partial charge < -0.3 is 5.73 Å². The van der Waals surface area contributed by atoms with E-state index in [0.29, 0.717) is 0 Å². The number of hydrogen-bond acceptors (Lipinski definition) is 2. The Hall–Kier alpha value is -1.15. The first-order chi connectivity index (χ1) is 7.27. The molecule has 2 N–H and O–H groups in total. The Morgan fingerprint density at radius 2 is 2.00 bits per heavy atom. The van der Waals surface area contributed by atoms with Crippen molar-refractivity contribution < 1.29 is 0 Å². The summed E-state index contributed by atoms with van der Waals surface area (Å²) in [4.78, 5) is 0. The van der Waals surface area contributed by atoms with E-state index in [9.17, 15) is 0 Å². The number of nitrogens with two attached hydrogens (primary N) is 1. The smallest absolute Gasteiger partial charge is 0.0642 e. The van der Waals surface area contributed by atoms with Crippen LogP contribution in [0, 0.1) is 0 Å². The number of allylic oxidation sites excluding steroid dienone is 2. The van der Waals surface area contributed by atoms with Gasteiger partial charge in [-0.2, -0.15) is 0 Å². The van der Waals surface area contributed by atoms with E-state index in [0.717, 1.165) is 12.1 Å². The third kappa shape index (κ3) is 1.95. The van der Waals surface area contributed by atoms with E-state index < -0.39 is 0 Å². The molecule has 0 spiro atoms. The van der Waals surface area contributed by atoms with Crippen LogP contribution in [0.4, 0.5) is 0 Å². The number of hydrogen-bond donors (Lipinski definition) is 1. The van der Waals surface area contributed by atoms with Crippen molar-refractivity contribution in [2.45, 2.75) is 11.2 Å². The zero-order chi connectivity index (χ0) is 10.7. The molecule has 1 aromatic carbocycles. The summed E-state index contributed by atoms with van der Waals surface area (Å²) in [6.45, 7) is 0. The molecular formula is C13H15NS. The van der Waals surface area contributed by atoms with Crippen LogP contribution in [0.5, 0.6) is 0 Å². The van der Waals surface area contributed by atoms with E-state index in [-0.39, 0.29) is 4.75 Å². The molecule has 0 unspecified atom stereocenters. The standard InChI is InChI=1S/C13H15NS/c1-15-13(9-5-8-12(14)10-13)11-6-3-2-4-7-11/h2-8,10H,9,14H2,1H3/t13-/m0/s1. The van der Waals surface area contributed by atoms with Gasteiger partial charge in [-0.1, -0.05) is 36.4 Å². The first-order valence-electron chi connectivity index (χ1n) is 5.02. The van der Waals surface area contributed by atoms with E-state index in [1.165, 1.54) is 5.56 Å². The molecule has 0 bridgehead atoms. The monoisotopic (exact) mass is 217 g/mol. The molecule has 2 heteroatoms. The lowest BCUT2D eigenvalue weighted by atomic mass is 9.90. The summed E-state index contributed by atoms with van der Waals surface area (Å²) in [5.74, 6) is 0. The lowest BCUT2D eigenvalue weighted by molar-refractivity contribution is 0.771. The fraction of sp³-hybridized carbons (Fsp3) is 0.231. The predicted molar refractivity (Wildman–Crippen MR) is 67.7 cm³/mol. The van der Waals surface area contributed by atoms with Gasteiger partial charge in [0.05, 0.1) is 4.75 Å². The molecule has 0 aliphatic heterocycles. The first-order valence-corrected chi connectivity index (χ1v) is 6.25. The van der Waals surface area contributed by atoms with Crippen LogP contribution in [0.1, 0.15) is 12.0 Å². The van der Waals surface area contributed by atoms with Crippen molar-refractivity contribution in [1.82, 2.24) is 0 Å². The zero-order valence-electron chi connectivity index (χ0n) is 8.81. The minimum Gasteiger partial charge on any atom is -0.399 e. The molecule has 15 heavy (non-hydrogen) atoms. The summed E-state index contributed by atoms with van der Waals surface area (Å²) in [7, 11) is 0. The second-order valence-electron chi connectivity index (χ2n) is 3.71. The van der Waals surface area contributed by atoms with Crippen molar-refractivity contribution in [2.24, 2.45) is 5.73 Å². The van der Waals surface area contributed by atoms with E-state index in [1.807, 2.05) is 23.9 Å². The Labute approximate surface area is 95.1 Å². The van der Waals surface area contributed by atoms with Crippen LogP contribution in [0.25, 0.3) is 0 Å². The van der Waals surface area contributed by atoms with Crippen molar-refractivity contribution in [2.75, 3.05) is 6.26 Å². The molecule has 1 aliphatic carbocycles. The van der Waals surface area contributed by atoms with Crippen LogP contribution < -0.4 is 5.73 Å². The van der Waals surface area contributed by atoms with Crippen LogP contribution in [-0.2, 0) is 4.75 Å². The lowest BCUT2D eigenvalue weighted by Crippen LogP contribution is -2.22. The summed E-state index contributed by atoms with van der Waals surface area (Å²) in [5.41, 5.74) is 8.07. The molecule has 1 aromatic rings. The molecule has 0 heterocycles. The molecule has 78 valence electrons. The van der Waals surface area contributed by atoms with Gasteiger partial charge >= 0.3 is 0 Å². The molecule has 0 fully saturated rings. The fourth-order valence-electron chi connectivity index (χ4n) is 1.93. The van der Waals surface area contributed by atoms with Gasteiger partial charge in [0, 0.05) is 5.70 Å². The highest BCUT2D eigenvalue weighted by atomic mass is 32.2. The van der Waals surface area contributed by atoms with E-state index in [1.54, 1.807) is 0 Å². The third-order valence-electron chi connectivity index (χ3n) is 2.76. The van der Waals surface area contributed by atoms with Crippen LogP contribution in [0.2, 0.25) is 0 Å². The van der Waals surface area contributed by atoms with Gasteiger partial charge in [0.1, 0.15) is 0 Å². The minimum atomic E-state index is 0.0279. The largest absolute Gasteiger partial charge is 0.399 e. The van der Waals surface area contributed by atoms with Crippen molar-refractivity contribution in [3.05, 3.63) is 59.8 Å². The Morgan fingerprint density at radius 1 is 1.27 bits per heavy atom. The van der Waals surface area contributed by atoms with Gasteiger partial charge in [-0.3, -0.25) is 0 Å². The molecular weight excluding hydrogens is 202 g/mol. The van der Waals surface area contributed by atoms with E-state index in [2.05, 4.69) is 42.7 Å². The van der Waals surface area contributed by atoms with E-state index in [4.69, 9.17) is 5.73 Å². The Balaban J connectivity index is 2.43. The average molecular weight is 217 g/mol. The predicted octanol–water partition coefficient (Wildman–Crippen LogP) is 3.05. The topological polar surface area (TPSA) is 26.0 Å². The van der Waals surface area contributed by atoms with Crippen LogP contribution in [0.3, 0.4) is 0 Å². The quantitative estimate of drug-likeness (QED) is 0.824. The highest BCUT2D eigenvalue weighted by Crippen LogP contribution is 2.42. The summed E-state index contributed by atoms with van der Waals surface area (Å²) in [6.07, 6.45) is 9.44. The Bertz CT molecular complexity index is 394. The molecule has 1 nitrogen and oxygen atoms in total. The maximum Gasteiger partial charge on any atom is 0.0642 e. The number of benzene rings is 1. The van der Waals surface area contributed by atoms with Gasteiger partial charge in [0.2, 0.25) is 0 Å². The van der Waals surface area contributed by atoms with Crippen LogP contribution in [0.15, 0.2) is 54.3 Å². The summed E-state index contributed by atoms with van der Waals surface area (Å²) in [5, 5.41) is 0. The molecule has 2 rings (SSSR count). The second-order valence-corrected chi connectivity index (χ2v) is 4.85. The van der Waals surface area contributed by atoms with Gasteiger partial charge in [0.25, 0.3) is 0 Å². The normalized spacial score (nSPS) is 25.0. The van der Waals surface area contributed by atoms with E-state index >= 15 is 0 Å². The minimum absolute atomic E-state index is 0.0279. The maximum absolute atomic E-state index is 5.88. The Kier molecular flexibility index (Phi) is 2.87. The average Bonchev–Trinajstić information content (AvgIpc) is 2.30. The third-order valence-corrected chi connectivity index (χ3v) is 4.01. The molecule has 0 amide bonds. The van der Waals surface area contributed by atoms with Crippen LogP contribution >= 0.6 is 11.8 Å². The molecule has 1 aliphatic rings. The summed E-state index contributed by atoms with van der Waals surface area (Å²) >= 11 is 1.84. The van der Waals surface area contributed by atoms with Gasteiger partial charge in [-0.15, -0.1) is 11.8 Å². The van der Waals surface area contributed by atoms with Gasteiger partial charge in [-0.05, 0) is 30.4 Å². The van der Waals surface area contributed by atoms with Crippen molar-refractivity contribution in [3.8, 4) is 0 Å². The second kappa shape index (κ2) is 4.15. The van der Waals surface area contributed by atoms with Crippen molar-refractivity contribution in [1.29, 1.82) is 0 Å². The molecule has 0 radical (unpaired) electrons. The Morgan fingerprint density at radius 3 is 2.60 bits per heavy atom. The summed E-state index contributed by atoms with van der Waals surface area (Å²) in [6, 6.07) is 10.5. The van der Waals surface area contributed by atoms with Gasteiger partial charge in [-0.25, -0.2) is 0 Å². The SMILES string of the molecule is CS[C@]1(c2ccccc2)C=C(N)C=CC1. The number of rotatable bonds is 2. The highest BCUT2D eigenvalue weighted by molar-refractivity contribution is 7.99. The lowest BCUT2D eigenvalue weighted by Gasteiger charge is -2.30. The summed E-state index contributed by atoms with van der Waals surface area (Å²) < 4.78 is 0.0279. The van der Waals surface area contributed by atoms with Gasteiger partial charge in [0.15, 0.2) is 0 Å². The van der Waals surface area contributed by atoms with Crippen molar-refractivity contribution in [3.63, 3.8) is 0 Å². The first kappa shape index (κ1) is 10.4. The molecule has 0 saturated carbocycles.